The highest BCUT2D eigenvalue weighted by molar-refractivity contribution is 5.86. The van der Waals surface area contributed by atoms with Gasteiger partial charge in [-0.1, -0.05) is 12.1 Å². The van der Waals surface area contributed by atoms with Crippen molar-refractivity contribution in [3.63, 3.8) is 0 Å². The van der Waals surface area contributed by atoms with Gasteiger partial charge in [-0.3, -0.25) is 0 Å². The van der Waals surface area contributed by atoms with Crippen molar-refractivity contribution in [1.82, 2.24) is 4.90 Å². The third-order valence-corrected chi connectivity index (χ3v) is 5.34. The Morgan fingerprint density at radius 3 is 1.94 bits per heavy atom. The molecule has 1 heterocycles. The average molecular weight is 475 g/mol. The predicted octanol–water partition coefficient (Wildman–Crippen LogP) is 2.28. The minimum absolute atomic E-state index is 0.354. The van der Waals surface area contributed by atoms with Gasteiger partial charge in [-0.05, 0) is 11.6 Å². The average Bonchev–Trinajstić information content (AvgIpc) is 2.83. The van der Waals surface area contributed by atoms with Crippen molar-refractivity contribution < 1.29 is 28.4 Å². The second kappa shape index (κ2) is 12.4. The van der Waals surface area contributed by atoms with Gasteiger partial charge in [0.15, 0.2) is 5.96 Å². The number of hydrogen-bond donors (Lipinski definition) is 2. The maximum Gasteiger partial charge on any atom is 0.197 e. The third-order valence-electron chi connectivity index (χ3n) is 5.34. The van der Waals surface area contributed by atoms with E-state index in [9.17, 15) is 0 Å². The summed E-state index contributed by atoms with van der Waals surface area (Å²) in [6.45, 7) is 2.42. The van der Waals surface area contributed by atoms with Gasteiger partial charge < -0.3 is 44.8 Å². The molecule has 10 nitrogen and oxygen atoms in total. The Balaban J connectivity index is 2.08. The van der Waals surface area contributed by atoms with Crippen LogP contribution >= 0.6 is 0 Å². The van der Waals surface area contributed by atoms with Crippen LogP contribution in [0.3, 0.4) is 0 Å². The van der Waals surface area contributed by atoms with Crippen LogP contribution in [0.15, 0.2) is 35.3 Å². The van der Waals surface area contributed by atoms with Gasteiger partial charge in [-0.2, -0.15) is 0 Å². The first-order chi connectivity index (χ1) is 16.5. The molecule has 0 saturated carbocycles. The highest BCUT2D eigenvalue weighted by atomic mass is 16.5. The Kier molecular flexibility index (Phi) is 9.34. The minimum Gasteiger partial charge on any atom is -0.491 e. The van der Waals surface area contributed by atoms with Crippen LogP contribution < -0.4 is 25.7 Å². The molecule has 1 aliphatic heterocycles. The monoisotopic (exact) mass is 474 g/mol. The van der Waals surface area contributed by atoms with Crippen molar-refractivity contribution in [1.29, 1.82) is 0 Å². The molecule has 2 aromatic carbocycles. The van der Waals surface area contributed by atoms with Crippen LogP contribution in [0, 0.1) is 0 Å². The highest BCUT2D eigenvalue weighted by Gasteiger charge is 2.25. The molecule has 0 radical (unpaired) electrons. The van der Waals surface area contributed by atoms with E-state index >= 15 is 0 Å². The number of nitrogens with zero attached hydrogens (tertiary/aromatic N) is 2. The molecule has 0 amide bonds. The summed E-state index contributed by atoms with van der Waals surface area (Å²) in [5.41, 5.74) is 15.6. The van der Waals surface area contributed by atoms with Crippen molar-refractivity contribution in [2.24, 2.45) is 16.5 Å². The first kappa shape index (κ1) is 25.6. The van der Waals surface area contributed by atoms with E-state index in [2.05, 4.69) is 4.99 Å². The van der Waals surface area contributed by atoms with E-state index in [0.717, 1.165) is 16.7 Å². The molecule has 0 aromatic heterocycles. The van der Waals surface area contributed by atoms with Crippen LogP contribution in [0.5, 0.6) is 17.2 Å². The number of fused-ring (bicyclic) bond motifs is 1. The fourth-order valence-corrected chi connectivity index (χ4v) is 3.47. The Hall–Kier alpha value is -3.05. The quantitative estimate of drug-likeness (QED) is 0.421. The highest BCUT2D eigenvalue weighted by Crippen LogP contribution is 2.44. The summed E-state index contributed by atoms with van der Waals surface area (Å²) in [6.07, 6.45) is -0.382. The van der Waals surface area contributed by atoms with Crippen molar-refractivity contribution in [3.05, 3.63) is 35.9 Å². The zero-order valence-corrected chi connectivity index (χ0v) is 20.2. The summed E-state index contributed by atoms with van der Waals surface area (Å²) in [6, 6.07) is 9.52. The van der Waals surface area contributed by atoms with Gasteiger partial charge in [-0.15, -0.1) is 0 Å². The third kappa shape index (κ3) is 6.09. The van der Waals surface area contributed by atoms with E-state index in [1.807, 2.05) is 37.4 Å². The Morgan fingerprint density at radius 2 is 1.38 bits per heavy atom. The van der Waals surface area contributed by atoms with Crippen molar-refractivity contribution in [2.75, 3.05) is 68.0 Å². The lowest BCUT2D eigenvalue weighted by Gasteiger charge is -2.31. The number of methoxy groups -OCH3 is 3. The second-order valence-electron chi connectivity index (χ2n) is 7.62. The molecule has 0 aliphatic carbocycles. The number of hydrogen-bond acceptors (Lipinski definition) is 10. The molecule has 1 unspecified atom stereocenters. The minimum atomic E-state index is -0.382. The Labute approximate surface area is 200 Å². The fraction of sp³-hybridized carbons (Fsp3) is 0.458. The van der Waals surface area contributed by atoms with Gasteiger partial charge in [0, 0.05) is 46.1 Å². The smallest absolute Gasteiger partial charge is 0.197 e. The number of aliphatic imine (C=N–C) groups is 1. The van der Waals surface area contributed by atoms with Crippen molar-refractivity contribution in [2.45, 2.75) is 6.17 Å². The van der Waals surface area contributed by atoms with E-state index in [1.54, 1.807) is 26.2 Å². The maximum atomic E-state index is 6.33. The van der Waals surface area contributed by atoms with E-state index in [1.165, 1.54) is 0 Å². The van der Waals surface area contributed by atoms with E-state index in [4.69, 9.17) is 39.9 Å². The summed E-state index contributed by atoms with van der Waals surface area (Å²) in [5, 5.41) is 0. The van der Waals surface area contributed by atoms with Crippen LogP contribution in [-0.2, 0) is 14.2 Å². The molecule has 0 bridgehead atoms. The van der Waals surface area contributed by atoms with Crippen molar-refractivity contribution >= 4 is 11.6 Å². The molecule has 2 aromatic rings. The topological polar surface area (TPSA) is 123 Å². The second-order valence-corrected chi connectivity index (χ2v) is 7.62. The number of ether oxygens (including phenoxy) is 6. The molecule has 1 aliphatic rings. The van der Waals surface area contributed by atoms with Crippen LogP contribution in [0.25, 0.3) is 11.1 Å². The summed E-state index contributed by atoms with van der Waals surface area (Å²) >= 11 is 0. The Morgan fingerprint density at radius 1 is 0.824 bits per heavy atom. The summed E-state index contributed by atoms with van der Waals surface area (Å²) in [5.74, 6) is 2.14. The van der Waals surface area contributed by atoms with E-state index in [-0.39, 0.29) is 6.17 Å². The largest absolute Gasteiger partial charge is 0.491 e. The number of rotatable bonds is 13. The van der Waals surface area contributed by atoms with Gasteiger partial charge in [-0.25, -0.2) is 4.99 Å². The molecule has 0 fully saturated rings. The molecule has 1 atom stereocenters. The SMILES string of the molecule is COCCOc1cc(OCCOC)c(-c2ccc3c(c2)N=C(N)N(C)C3N)c(OCCOC)c1. The molecule has 0 spiro atoms. The maximum absolute atomic E-state index is 6.33. The van der Waals surface area contributed by atoms with Gasteiger partial charge >= 0.3 is 0 Å². The summed E-state index contributed by atoms with van der Waals surface area (Å²) in [7, 11) is 6.69. The normalized spacial score (nSPS) is 15.0. The Bertz CT molecular complexity index is 953. The van der Waals surface area contributed by atoms with Crippen LogP contribution in [0.4, 0.5) is 5.69 Å². The lowest BCUT2D eigenvalue weighted by Crippen LogP contribution is -2.42. The van der Waals surface area contributed by atoms with Crippen LogP contribution in [0.1, 0.15) is 11.7 Å². The number of nitrogens with two attached hydrogens (primary N) is 2. The van der Waals surface area contributed by atoms with Crippen LogP contribution in [0.2, 0.25) is 0 Å². The predicted molar refractivity (Wildman–Crippen MR) is 130 cm³/mol. The number of guanidine groups is 1. The van der Waals surface area contributed by atoms with E-state index in [0.29, 0.717) is 68.5 Å². The molecule has 0 saturated heterocycles. The molecule has 186 valence electrons. The molecule has 34 heavy (non-hydrogen) atoms. The summed E-state index contributed by atoms with van der Waals surface area (Å²) in [4.78, 5) is 6.25. The van der Waals surface area contributed by atoms with Crippen LogP contribution in [-0.4, -0.2) is 78.9 Å². The van der Waals surface area contributed by atoms with Gasteiger partial charge in [0.05, 0.1) is 31.1 Å². The molecule has 3 rings (SSSR count). The first-order valence-electron chi connectivity index (χ1n) is 11.0. The van der Waals surface area contributed by atoms with Gasteiger partial charge in [0.2, 0.25) is 0 Å². The molecular weight excluding hydrogens is 440 g/mol. The standard InChI is InChI=1S/C24H34N4O6/c1-28-23(25)18-6-5-16(13-19(18)27-24(28)26)22-20(33-11-8-30-3)14-17(32-10-7-29-2)15-21(22)34-12-9-31-4/h5-6,13-15,23H,7-12,25H2,1-4H3,(H2,26,27). The summed E-state index contributed by atoms with van der Waals surface area (Å²) < 4.78 is 33.5. The lowest BCUT2D eigenvalue weighted by molar-refractivity contribution is 0.139. The molecule has 4 N–H and O–H groups in total. The zero-order chi connectivity index (χ0) is 24.5. The number of benzene rings is 2. The van der Waals surface area contributed by atoms with Gasteiger partial charge in [0.25, 0.3) is 0 Å². The molecule has 10 heteroatoms. The zero-order valence-electron chi connectivity index (χ0n) is 20.2. The fourth-order valence-electron chi connectivity index (χ4n) is 3.47. The lowest BCUT2D eigenvalue weighted by atomic mass is 9.98. The van der Waals surface area contributed by atoms with Gasteiger partial charge in [0.1, 0.15) is 43.2 Å². The molecular formula is C24H34N4O6. The first-order valence-corrected chi connectivity index (χ1v) is 11.0. The van der Waals surface area contributed by atoms with Crippen molar-refractivity contribution in [3.8, 4) is 28.4 Å². The van der Waals surface area contributed by atoms with E-state index < -0.39 is 0 Å².